The molecule has 202 valence electrons. The molecule has 1 heterocycles. The van der Waals surface area contributed by atoms with Crippen molar-refractivity contribution in [2.75, 3.05) is 39.3 Å². The Morgan fingerprint density at radius 2 is 1.89 bits per heavy atom. The summed E-state index contributed by atoms with van der Waals surface area (Å²) in [5.74, 6) is -1.71. The van der Waals surface area contributed by atoms with E-state index in [9.17, 15) is 14.7 Å². The summed E-state index contributed by atoms with van der Waals surface area (Å²) >= 11 is 12.6. The summed E-state index contributed by atoms with van der Waals surface area (Å²) in [5, 5.41) is 16.5. The third-order valence-corrected chi connectivity index (χ3v) is 6.70. The van der Waals surface area contributed by atoms with Crippen LogP contribution in [0, 0.1) is 0 Å². The number of benzene rings is 2. The van der Waals surface area contributed by atoms with Crippen molar-refractivity contribution in [2.45, 2.75) is 38.5 Å². The van der Waals surface area contributed by atoms with E-state index in [4.69, 9.17) is 38.4 Å². The number of rotatable bonds is 12. The number of nitrogens with zero attached hydrogens (tertiary/aromatic N) is 1. The van der Waals surface area contributed by atoms with E-state index in [2.05, 4.69) is 10.6 Å². The second-order valence-electron chi connectivity index (χ2n) is 8.78. The molecule has 0 saturated carbocycles. The van der Waals surface area contributed by atoms with Gasteiger partial charge >= 0.3 is 5.97 Å². The van der Waals surface area contributed by atoms with Crippen molar-refractivity contribution in [2.24, 2.45) is 5.73 Å². The second kappa shape index (κ2) is 14.4. The Kier molecular flexibility index (Phi) is 11.3. The maximum Gasteiger partial charge on any atom is 0.330 e. The molecule has 2 aromatic rings. The molecule has 0 radical (unpaired) electrons. The lowest BCUT2D eigenvalue weighted by Crippen LogP contribution is -2.51. The third kappa shape index (κ3) is 8.21. The topological polar surface area (TPSA) is 126 Å². The maximum atomic E-state index is 13.2. The molecule has 5 N–H and O–H groups in total. The Labute approximate surface area is 227 Å². The van der Waals surface area contributed by atoms with Crippen LogP contribution in [0.4, 0.5) is 0 Å². The minimum Gasteiger partial charge on any atom is -0.505 e. The first-order valence-corrected chi connectivity index (χ1v) is 13.1. The molecule has 2 atom stereocenters. The first-order valence-electron chi connectivity index (χ1n) is 12.4. The lowest BCUT2D eigenvalue weighted by Gasteiger charge is -2.33. The van der Waals surface area contributed by atoms with E-state index < -0.39 is 29.9 Å². The van der Waals surface area contributed by atoms with Gasteiger partial charge in [0.1, 0.15) is 11.1 Å². The molecule has 1 aliphatic rings. The van der Waals surface area contributed by atoms with E-state index in [0.717, 1.165) is 38.2 Å². The van der Waals surface area contributed by atoms with Crippen molar-refractivity contribution in [3.63, 3.8) is 0 Å². The zero-order chi connectivity index (χ0) is 26.8. The number of esters is 1. The normalized spacial score (nSPS) is 15.6. The van der Waals surface area contributed by atoms with Gasteiger partial charge in [-0.05, 0) is 37.9 Å². The van der Waals surface area contributed by atoms with E-state index in [1.165, 1.54) is 6.07 Å². The van der Waals surface area contributed by atoms with Gasteiger partial charge in [0.25, 0.3) is 5.91 Å². The van der Waals surface area contributed by atoms with Crippen LogP contribution in [0.15, 0.2) is 36.4 Å². The second-order valence-corrected chi connectivity index (χ2v) is 9.57. The van der Waals surface area contributed by atoms with Crippen LogP contribution in [-0.4, -0.2) is 73.5 Å². The van der Waals surface area contributed by atoms with Gasteiger partial charge in [-0.15, -0.1) is 0 Å². The lowest BCUT2D eigenvalue weighted by molar-refractivity contribution is -0.160. The fourth-order valence-electron chi connectivity index (χ4n) is 3.97. The summed E-state index contributed by atoms with van der Waals surface area (Å²) in [6.45, 7) is 5.74. The minimum atomic E-state index is -1.01. The molecular weight excluding hydrogens is 519 g/mol. The predicted octanol–water partition coefficient (Wildman–Crippen LogP) is 2.95. The number of nitrogens with one attached hydrogen (secondary N) is 2. The van der Waals surface area contributed by atoms with Crippen molar-refractivity contribution in [3.8, 4) is 11.5 Å². The van der Waals surface area contributed by atoms with Crippen LogP contribution in [0.3, 0.4) is 0 Å². The summed E-state index contributed by atoms with van der Waals surface area (Å²) < 4.78 is 11.3. The molecule has 3 rings (SSSR count). The largest absolute Gasteiger partial charge is 0.505 e. The van der Waals surface area contributed by atoms with E-state index in [1.54, 1.807) is 0 Å². The van der Waals surface area contributed by atoms with Crippen molar-refractivity contribution in [3.05, 3.63) is 57.6 Å². The van der Waals surface area contributed by atoms with Crippen molar-refractivity contribution in [1.29, 1.82) is 0 Å². The molecule has 11 heteroatoms. The molecule has 1 saturated heterocycles. The molecule has 9 nitrogen and oxygen atoms in total. The van der Waals surface area contributed by atoms with E-state index in [1.807, 2.05) is 42.2 Å². The van der Waals surface area contributed by atoms with E-state index in [0.29, 0.717) is 19.6 Å². The predicted molar refractivity (Wildman–Crippen MR) is 143 cm³/mol. The monoisotopic (exact) mass is 552 g/mol. The summed E-state index contributed by atoms with van der Waals surface area (Å²) in [4.78, 5) is 28.4. The number of amides is 1. The highest BCUT2D eigenvalue weighted by Gasteiger charge is 2.29. The van der Waals surface area contributed by atoms with Crippen LogP contribution in [0.1, 0.15) is 35.7 Å². The van der Waals surface area contributed by atoms with Crippen LogP contribution >= 0.6 is 23.2 Å². The smallest absolute Gasteiger partial charge is 0.330 e. The number of hydrogen-bond donors (Lipinski definition) is 4. The van der Waals surface area contributed by atoms with Gasteiger partial charge in [0.15, 0.2) is 17.7 Å². The molecule has 0 aromatic heterocycles. The molecule has 1 aliphatic heterocycles. The van der Waals surface area contributed by atoms with Gasteiger partial charge in [-0.2, -0.15) is 0 Å². The Hall–Kier alpha value is -2.56. The average Bonchev–Trinajstić information content (AvgIpc) is 2.90. The lowest BCUT2D eigenvalue weighted by atomic mass is 10.0. The van der Waals surface area contributed by atoms with Crippen LogP contribution in [0.2, 0.25) is 10.0 Å². The van der Waals surface area contributed by atoms with Gasteiger partial charge in [-0.1, -0.05) is 53.5 Å². The molecule has 0 bridgehead atoms. The number of piperazine rings is 1. The minimum absolute atomic E-state index is 0.0650. The number of nitrogens with two attached hydrogens (primary N) is 1. The highest BCUT2D eigenvalue weighted by Crippen LogP contribution is 2.42. The van der Waals surface area contributed by atoms with E-state index >= 15 is 0 Å². The quantitative estimate of drug-likeness (QED) is 0.234. The molecule has 2 unspecified atom stereocenters. The van der Waals surface area contributed by atoms with Crippen molar-refractivity contribution >= 4 is 35.1 Å². The van der Waals surface area contributed by atoms with E-state index in [-0.39, 0.29) is 27.8 Å². The van der Waals surface area contributed by atoms with Gasteiger partial charge in [-0.25, -0.2) is 4.79 Å². The van der Waals surface area contributed by atoms with Crippen LogP contribution in [0.5, 0.6) is 11.5 Å². The first kappa shape index (κ1) is 29.0. The van der Waals surface area contributed by atoms with Gasteiger partial charge in [0.05, 0.1) is 17.2 Å². The van der Waals surface area contributed by atoms with Crippen LogP contribution < -0.4 is 21.1 Å². The van der Waals surface area contributed by atoms with Gasteiger partial charge in [-0.3, -0.25) is 9.69 Å². The molecule has 0 aliphatic carbocycles. The number of carbonyl (C=O) groups excluding carboxylic acids is 2. The fourth-order valence-corrected chi connectivity index (χ4v) is 4.53. The zero-order valence-corrected chi connectivity index (χ0v) is 22.4. The number of aromatic hydroxyl groups is 1. The maximum absolute atomic E-state index is 13.2. The van der Waals surface area contributed by atoms with Gasteiger partial charge in [0.2, 0.25) is 0 Å². The molecular formula is C26H34Cl2N4O5. The molecule has 37 heavy (non-hydrogen) atoms. The number of halogens is 2. The molecule has 1 fully saturated rings. The summed E-state index contributed by atoms with van der Waals surface area (Å²) in [6.07, 6.45) is 1.18. The number of ether oxygens (including phenoxy) is 2. The van der Waals surface area contributed by atoms with Crippen LogP contribution in [-0.2, 0) is 16.0 Å². The molecule has 2 aromatic carbocycles. The average molecular weight is 553 g/mol. The SMILES string of the molecule is CC(OC(=O)C(Cc1ccccc1)NC(=O)c1cc(Cl)c(OCCCCN)c(Cl)c1O)N1CCNCC1. The highest BCUT2D eigenvalue weighted by molar-refractivity contribution is 6.39. The highest BCUT2D eigenvalue weighted by atomic mass is 35.5. The Bertz CT molecular complexity index is 1050. The first-order chi connectivity index (χ1) is 17.8. The standard InChI is InChI=1S/C26H34Cl2N4O5/c1-17(32-12-10-30-11-13-32)37-26(35)21(15-18-7-3-2-4-8-18)31-25(34)19-16-20(27)24(22(28)23(19)33)36-14-6-5-9-29/h2-4,7-8,16-17,21,30,33H,5-6,9-15,29H2,1H3,(H,31,34). The summed E-state index contributed by atoms with van der Waals surface area (Å²) in [7, 11) is 0. The molecule has 1 amide bonds. The zero-order valence-electron chi connectivity index (χ0n) is 20.8. The molecule has 0 spiro atoms. The Morgan fingerprint density at radius 1 is 1.19 bits per heavy atom. The third-order valence-electron chi connectivity index (χ3n) is 6.06. The number of phenolic OH excluding ortho intramolecular Hbond substituents is 1. The van der Waals surface area contributed by atoms with Gasteiger partial charge in [0, 0.05) is 32.6 Å². The van der Waals surface area contributed by atoms with Crippen molar-refractivity contribution < 1.29 is 24.2 Å². The summed E-state index contributed by atoms with van der Waals surface area (Å²) in [6, 6.07) is 9.53. The Morgan fingerprint density at radius 3 is 2.57 bits per heavy atom. The number of hydrogen-bond acceptors (Lipinski definition) is 8. The Balaban J connectivity index is 1.77. The summed E-state index contributed by atoms with van der Waals surface area (Å²) in [5.41, 5.74) is 6.15. The fraction of sp³-hybridized carbons (Fsp3) is 0.462. The number of phenols is 1. The van der Waals surface area contributed by atoms with Crippen molar-refractivity contribution in [1.82, 2.24) is 15.5 Å². The van der Waals surface area contributed by atoms with Gasteiger partial charge < -0.3 is 30.9 Å². The number of unbranched alkanes of at least 4 members (excludes halogenated alkanes) is 1. The number of carbonyl (C=O) groups is 2. The van der Waals surface area contributed by atoms with Crippen LogP contribution in [0.25, 0.3) is 0 Å².